The molecule has 0 bridgehead atoms. The first-order valence-electron chi connectivity index (χ1n) is 8.87. The summed E-state index contributed by atoms with van der Waals surface area (Å²) >= 11 is 0. The molecule has 2 aromatic rings. The van der Waals surface area contributed by atoms with Crippen LogP contribution in [-0.2, 0) is 27.4 Å². The number of ether oxygens (including phenoxy) is 3. The number of hydrogen-bond donors (Lipinski definition) is 0. The minimum atomic E-state index is -0.327. The molecule has 1 saturated heterocycles. The van der Waals surface area contributed by atoms with Gasteiger partial charge >= 0.3 is 5.97 Å². The third-order valence-corrected chi connectivity index (χ3v) is 4.35. The van der Waals surface area contributed by atoms with Crippen molar-refractivity contribution < 1.29 is 19.0 Å². The Labute approximate surface area is 154 Å². The van der Waals surface area contributed by atoms with Gasteiger partial charge in [0.15, 0.2) is 0 Å². The van der Waals surface area contributed by atoms with Gasteiger partial charge in [-0.3, -0.25) is 4.90 Å². The number of benzene rings is 2. The third-order valence-electron chi connectivity index (χ3n) is 4.35. The second-order valence-electron chi connectivity index (χ2n) is 6.45. The lowest BCUT2D eigenvalue weighted by Gasteiger charge is -2.32. The van der Waals surface area contributed by atoms with Crippen LogP contribution in [0.4, 0.5) is 0 Å². The number of rotatable bonds is 7. The van der Waals surface area contributed by atoms with Crippen LogP contribution in [0.15, 0.2) is 54.6 Å². The highest BCUT2D eigenvalue weighted by Gasteiger charge is 2.22. The largest absolute Gasteiger partial charge is 0.459 e. The van der Waals surface area contributed by atoms with Crippen LogP contribution in [0.3, 0.4) is 0 Å². The number of carbonyl (C=O) groups excluding carboxylic acids is 1. The standard InChI is InChI=1S/C21H25NO4/c1-24-15-18-8-5-9-19(12-18)21(23)26-16-20-14-22(10-11-25-20)13-17-6-3-2-4-7-17/h2-9,12,20H,10-11,13-16H2,1H3. The Bertz CT molecular complexity index is 704. The van der Waals surface area contributed by atoms with Gasteiger partial charge in [-0.25, -0.2) is 4.79 Å². The molecule has 138 valence electrons. The van der Waals surface area contributed by atoms with E-state index in [1.54, 1.807) is 19.2 Å². The Morgan fingerprint density at radius 2 is 1.96 bits per heavy atom. The van der Waals surface area contributed by atoms with Gasteiger partial charge in [-0.1, -0.05) is 42.5 Å². The highest BCUT2D eigenvalue weighted by atomic mass is 16.6. The molecule has 0 N–H and O–H groups in total. The Morgan fingerprint density at radius 3 is 2.77 bits per heavy atom. The van der Waals surface area contributed by atoms with Crippen molar-refractivity contribution in [3.63, 3.8) is 0 Å². The van der Waals surface area contributed by atoms with Crippen LogP contribution in [0.2, 0.25) is 0 Å². The zero-order chi connectivity index (χ0) is 18.2. The molecule has 1 heterocycles. The molecule has 5 heteroatoms. The molecular weight excluding hydrogens is 330 g/mol. The fourth-order valence-electron chi connectivity index (χ4n) is 3.07. The number of methoxy groups -OCH3 is 1. The molecule has 0 aliphatic carbocycles. The van der Waals surface area contributed by atoms with E-state index in [1.807, 2.05) is 30.3 Å². The molecular formula is C21H25NO4. The second kappa shape index (κ2) is 9.48. The molecule has 1 atom stereocenters. The van der Waals surface area contributed by atoms with Gasteiger partial charge in [-0.2, -0.15) is 0 Å². The third kappa shape index (κ3) is 5.39. The molecule has 0 saturated carbocycles. The van der Waals surface area contributed by atoms with Crippen molar-refractivity contribution in [2.45, 2.75) is 19.3 Å². The van der Waals surface area contributed by atoms with E-state index in [0.29, 0.717) is 18.8 Å². The highest BCUT2D eigenvalue weighted by Crippen LogP contribution is 2.12. The fraction of sp³-hybridized carbons (Fsp3) is 0.381. The lowest BCUT2D eigenvalue weighted by Crippen LogP contribution is -2.44. The summed E-state index contributed by atoms with van der Waals surface area (Å²) in [6, 6.07) is 17.7. The van der Waals surface area contributed by atoms with E-state index in [1.165, 1.54) is 5.56 Å². The first-order chi connectivity index (χ1) is 12.7. The van der Waals surface area contributed by atoms with Gasteiger partial charge in [0.05, 0.1) is 18.8 Å². The molecule has 5 nitrogen and oxygen atoms in total. The van der Waals surface area contributed by atoms with Crippen molar-refractivity contribution in [3.05, 3.63) is 71.3 Å². The molecule has 1 fully saturated rings. The molecule has 1 aliphatic rings. The van der Waals surface area contributed by atoms with Crippen LogP contribution < -0.4 is 0 Å². The predicted octanol–water partition coefficient (Wildman–Crippen LogP) is 2.89. The average molecular weight is 355 g/mol. The summed E-state index contributed by atoms with van der Waals surface area (Å²) in [4.78, 5) is 14.6. The van der Waals surface area contributed by atoms with Crippen molar-refractivity contribution in [3.8, 4) is 0 Å². The van der Waals surface area contributed by atoms with Crippen LogP contribution in [0.1, 0.15) is 21.5 Å². The fourth-order valence-corrected chi connectivity index (χ4v) is 3.07. The van der Waals surface area contributed by atoms with E-state index in [-0.39, 0.29) is 18.7 Å². The molecule has 1 unspecified atom stereocenters. The summed E-state index contributed by atoms with van der Waals surface area (Å²) in [6.45, 7) is 3.91. The van der Waals surface area contributed by atoms with Gasteiger partial charge in [-0.05, 0) is 23.3 Å². The van der Waals surface area contributed by atoms with Gasteiger partial charge in [0, 0.05) is 26.7 Å². The summed E-state index contributed by atoms with van der Waals surface area (Å²) in [5.74, 6) is -0.327. The van der Waals surface area contributed by atoms with E-state index < -0.39 is 0 Å². The van der Waals surface area contributed by atoms with E-state index in [2.05, 4.69) is 17.0 Å². The number of nitrogens with zero attached hydrogens (tertiary/aromatic N) is 1. The zero-order valence-electron chi connectivity index (χ0n) is 15.1. The molecule has 0 spiro atoms. The van der Waals surface area contributed by atoms with Gasteiger partial charge in [0.1, 0.15) is 12.7 Å². The molecule has 3 rings (SSSR count). The van der Waals surface area contributed by atoms with Crippen LogP contribution >= 0.6 is 0 Å². The Hall–Kier alpha value is -2.21. The lowest BCUT2D eigenvalue weighted by molar-refractivity contribution is -0.0612. The summed E-state index contributed by atoms with van der Waals surface area (Å²) in [7, 11) is 1.63. The van der Waals surface area contributed by atoms with E-state index in [0.717, 1.165) is 25.2 Å². The number of esters is 1. The Balaban J connectivity index is 1.49. The first-order valence-corrected chi connectivity index (χ1v) is 8.87. The number of hydrogen-bond acceptors (Lipinski definition) is 5. The average Bonchev–Trinajstić information content (AvgIpc) is 2.68. The molecule has 0 radical (unpaired) electrons. The van der Waals surface area contributed by atoms with Crippen LogP contribution in [-0.4, -0.2) is 50.4 Å². The molecule has 1 aliphatic heterocycles. The monoisotopic (exact) mass is 355 g/mol. The lowest BCUT2D eigenvalue weighted by atomic mass is 10.1. The maximum absolute atomic E-state index is 12.3. The summed E-state index contributed by atoms with van der Waals surface area (Å²) in [5, 5.41) is 0. The molecule has 0 aromatic heterocycles. The highest BCUT2D eigenvalue weighted by molar-refractivity contribution is 5.89. The maximum Gasteiger partial charge on any atom is 0.338 e. The van der Waals surface area contributed by atoms with E-state index in [4.69, 9.17) is 14.2 Å². The number of carbonyl (C=O) groups is 1. The minimum absolute atomic E-state index is 0.0985. The van der Waals surface area contributed by atoms with Gasteiger partial charge in [0.2, 0.25) is 0 Å². The SMILES string of the molecule is COCc1cccc(C(=O)OCC2CN(Cc3ccccc3)CCO2)c1. The zero-order valence-corrected chi connectivity index (χ0v) is 15.1. The van der Waals surface area contributed by atoms with Crippen LogP contribution in [0.25, 0.3) is 0 Å². The quantitative estimate of drug-likeness (QED) is 0.715. The molecule has 2 aromatic carbocycles. The second-order valence-corrected chi connectivity index (χ2v) is 6.45. The summed E-state index contributed by atoms with van der Waals surface area (Å²) < 4.78 is 16.3. The Morgan fingerprint density at radius 1 is 1.15 bits per heavy atom. The van der Waals surface area contributed by atoms with Crippen molar-refractivity contribution in [2.75, 3.05) is 33.4 Å². The smallest absolute Gasteiger partial charge is 0.338 e. The van der Waals surface area contributed by atoms with Crippen molar-refractivity contribution >= 4 is 5.97 Å². The maximum atomic E-state index is 12.3. The number of morpholine rings is 1. The van der Waals surface area contributed by atoms with Crippen LogP contribution in [0.5, 0.6) is 0 Å². The normalized spacial score (nSPS) is 17.8. The first kappa shape index (κ1) is 18.6. The topological polar surface area (TPSA) is 48.0 Å². The molecule has 26 heavy (non-hydrogen) atoms. The van der Waals surface area contributed by atoms with Crippen molar-refractivity contribution in [1.29, 1.82) is 0 Å². The van der Waals surface area contributed by atoms with Gasteiger partial charge in [0.25, 0.3) is 0 Å². The molecule has 0 amide bonds. The van der Waals surface area contributed by atoms with E-state index >= 15 is 0 Å². The summed E-state index contributed by atoms with van der Waals surface area (Å²) in [5.41, 5.74) is 2.77. The van der Waals surface area contributed by atoms with Crippen molar-refractivity contribution in [1.82, 2.24) is 4.90 Å². The van der Waals surface area contributed by atoms with E-state index in [9.17, 15) is 4.79 Å². The van der Waals surface area contributed by atoms with Gasteiger partial charge < -0.3 is 14.2 Å². The predicted molar refractivity (Wildman–Crippen MR) is 98.9 cm³/mol. The minimum Gasteiger partial charge on any atom is -0.459 e. The van der Waals surface area contributed by atoms with Crippen LogP contribution in [0, 0.1) is 0 Å². The van der Waals surface area contributed by atoms with Crippen molar-refractivity contribution in [2.24, 2.45) is 0 Å². The summed E-state index contributed by atoms with van der Waals surface area (Å²) in [6.07, 6.45) is -0.0985. The Kier molecular flexibility index (Phi) is 6.77. The van der Waals surface area contributed by atoms with Gasteiger partial charge in [-0.15, -0.1) is 0 Å².